The van der Waals surface area contributed by atoms with E-state index >= 15 is 0 Å². The minimum atomic E-state index is -0.888. The number of hydrogen-bond acceptors (Lipinski definition) is 2. The zero-order valence-electron chi connectivity index (χ0n) is 11.5. The predicted octanol–water partition coefficient (Wildman–Crippen LogP) is 3.24. The number of nitrogens with zero attached hydrogens (tertiary/aromatic N) is 2. The maximum absolute atomic E-state index is 12.0. The number of hydrogen-bond donors (Lipinski definition) is 1. The van der Waals surface area contributed by atoms with E-state index in [1.165, 1.54) is 0 Å². The molecule has 1 saturated carbocycles. The van der Waals surface area contributed by atoms with Gasteiger partial charge in [0.15, 0.2) is 0 Å². The van der Waals surface area contributed by atoms with E-state index in [-0.39, 0.29) is 17.9 Å². The molecule has 1 heterocycles. The highest BCUT2D eigenvalue weighted by atomic mass is 35.5. The molecule has 4 nitrogen and oxygen atoms in total. The first-order chi connectivity index (χ1) is 9.97. The monoisotopic (exact) mass is 323 g/mol. The quantitative estimate of drug-likeness (QED) is 0.878. The number of alkyl halides is 2. The van der Waals surface area contributed by atoms with E-state index in [1.807, 2.05) is 43.5 Å². The molecule has 2 atom stereocenters. The van der Waals surface area contributed by atoms with Crippen LogP contribution in [0.5, 0.6) is 0 Å². The number of rotatable bonds is 4. The lowest BCUT2D eigenvalue weighted by Crippen LogP contribution is -2.29. The second kappa shape index (κ2) is 5.35. The Kier molecular flexibility index (Phi) is 3.68. The Morgan fingerprint density at radius 3 is 2.86 bits per heavy atom. The normalized spacial score (nSPS) is 20.8. The van der Waals surface area contributed by atoms with E-state index in [0.29, 0.717) is 6.42 Å². The van der Waals surface area contributed by atoms with Crippen LogP contribution in [0, 0.1) is 5.92 Å². The average Bonchev–Trinajstić information content (AvgIpc) is 2.90. The highest BCUT2D eigenvalue weighted by molar-refractivity contribution is 6.52. The number of amides is 1. The molecule has 0 bridgehead atoms. The standard InChI is InChI=1S/C15H15Cl2N3O/c1-10(19-14(21)13-9-15(13,16)17)11-4-2-5-12(8-11)20-7-3-6-18-20/h2-8,10,13H,9H2,1H3,(H,19,21)/t10-,13-/m0/s1. The molecule has 110 valence electrons. The molecule has 0 saturated heterocycles. The van der Waals surface area contributed by atoms with Gasteiger partial charge in [-0.2, -0.15) is 5.10 Å². The summed E-state index contributed by atoms with van der Waals surface area (Å²) < 4.78 is 0.891. The molecule has 1 aromatic carbocycles. The zero-order valence-corrected chi connectivity index (χ0v) is 13.0. The zero-order chi connectivity index (χ0) is 15.0. The van der Waals surface area contributed by atoms with Gasteiger partial charge in [-0.05, 0) is 37.1 Å². The number of carbonyl (C=O) groups excluding carboxylic acids is 1. The summed E-state index contributed by atoms with van der Waals surface area (Å²) in [5.74, 6) is -0.408. The van der Waals surface area contributed by atoms with Gasteiger partial charge in [0, 0.05) is 12.4 Å². The van der Waals surface area contributed by atoms with Crippen molar-refractivity contribution in [3.05, 3.63) is 48.3 Å². The van der Waals surface area contributed by atoms with Crippen LogP contribution in [0.3, 0.4) is 0 Å². The molecule has 0 radical (unpaired) electrons. The second-order valence-corrected chi connectivity index (χ2v) is 6.84. The van der Waals surface area contributed by atoms with Gasteiger partial charge in [-0.1, -0.05) is 12.1 Å². The van der Waals surface area contributed by atoms with Crippen LogP contribution in [0.25, 0.3) is 5.69 Å². The van der Waals surface area contributed by atoms with Gasteiger partial charge in [-0.15, -0.1) is 23.2 Å². The predicted molar refractivity (Wildman–Crippen MR) is 82.7 cm³/mol. The Hall–Kier alpha value is -1.52. The van der Waals surface area contributed by atoms with Crippen molar-refractivity contribution in [1.82, 2.24) is 15.1 Å². The molecule has 6 heteroatoms. The largest absolute Gasteiger partial charge is 0.349 e. The highest BCUT2D eigenvalue weighted by Crippen LogP contribution is 2.53. The summed E-state index contributed by atoms with van der Waals surface area (Å²) >= 11 is 11.8. The third-order valence-corrected chi connectivity index (χ3v) is 4.48. The van der Waals surface area contributed by atoms with Gasteiger partial charge in [-0.3, -0.25) is 4.79 Å². The first kappa shape index (κ1) is 14.4. The van der Waals surface area contributed by atoms with Crippen LogP contribution in [0.15, 0.2) is 42.7 Å². The molecule has 1 aromatic heterocycles. The Labute approximate surface area is 133 Å². The number of carbonyl (C=O) groups is 1. The number of nitrogens with one attached hydrogen (secondary N) is 1. The fourth-order valence-electron chi connectivity index (χ4n) is 2.25. The summed E-state index contributed by atoms with van der Waals surface area (Å²) in [6.45, 7) is 1.94. The molecule has 3 rings (SSSR count). The molecule has 0 unspecified atom stereocenters. The van der Waals surface area contributed by atoms with E-state index in [0.717, 1.165) is 11.3 Å². The lowest BCUT2D eigenvalue weighted by Gasteiger charge is -2.15. The Bertz CT molecular complexity index is 655. The van der Waals surface area contributed by atoms with Gasteiger partial charge in [0.05, 0.1) is 17.6 Å². The van der Waals surface area contributed by atoms with Crippen LogP contribution in [0.4, 0.5) is 0 Å². The Morgan fingerprint density at radius 1 is 1.48 bits per heavy atom. The lowest BCUT2D eigenvalue weighted by atomic mass is 10.1. The van der Waals surface area contributed by atoms with Crippen LogP contribution < -0.4 is 5.32 Å². The molecule has 1 amide bonds. The van der Waals surface area contributed by atoms with Crippen LogP contribution in [0.2, 0.25) is 0 Å². The summed E-state index contributed by atoms with van der Waals surface area (Å²) in [5, 5.41) is 7.15. The van der Waals surface area contributed by atoms with Gasteiger partial charge >= 0.3 is 0 Å². The van der Waals surface area contributed by atoms with Crippen molar-refractivity contribution in [2.45, 2.75) is 23.7 Å². The summed E-state index contributed by atoms with van der Waals surface area (Å²) in [6.07, 6.45) is 4.12. The SMILES string of the molecule is C[C@H](NC(=O)[C@@H]1CC1(Cl)Cl)c1cccc(-n2cccn2)c1. The molecule has 2 aromatic rings. The molecule has 1 N–H and O–H groups in total. The number of halogens is 2. The molecule has 1 aliphatic carbocycles. The fourth-order valence-corrected chi connectivity index (χ4v) is 2.76. The van der Waals surface area contributed by atoms with Gasteiger partial charge < -0.3 is 5.32 Å². The molecular weight excluding hydrogens is 309 g/mol. The van der Waals surface area contributed by atoms with Crippen molar-refractivity contribution in [2.75, 3.05) is 0 Å². The number of aromatic nitrogens is 2. The van der Waals surface area contributed by atoms with Gasteiger partial charge in [0.25, 0.3) is 0 Å². The topological polar surface area (TPSA) is 46.9 Å². The van der Waals surface area contributed by atoms with E-state index in [2.05, 4.69) is 10.4 Å². The summed E-state index contributed by atoms with van der Waals surface area (Å²) in [6, 6.07) is 9.64. The Morgan fingerprint density at radius 2 is 2.24 bits per heavy atom. The van der Waals surface area contributed by atoms with Crippen molar-refractivity contribution in [3.8, 4) is 5.69 Å². The van der Waals surface area contributed by atoms with Crippen LogP contribution >= 0.6 is 23.2 Å². The van der Waals surface area contributed by atoms with Crippen molar-refractivity contribution in [3.63, 3.8) is 0 Å². The summed E-state index contributed by atoms with van der Waals surface area (Å²) in [4.78, 5) is 12.0. The van der Waals surface area contributed by atoms with Gasteiger partial charge in [0.1, 0.15) is 4.33 Å². The summed E-state index contributed by atoms with van der Waals surface area (Å²) in [5.41, 5.74) is 1.96. The van der Waals surface area contributed by atoms with E-state index in [1.54, 1.807) is 10.9 Å². The molecular formula is C15H15Cl2N3O. The molecule has 1 fully saturated rings. The average molecular weight is 324 g/mol. The minimum Gasteiger partial charge on any atom is -0.349 e. The third kappa shape index (κ3) is 3.06. The van der Waals surface area contributed by atoms with Crippen molar-refractivity contribution < 1.29 is 4.79 Å². The maximum atomic E-state index is 12.0. The first-order valence-electron chi connectivity index (χ1n) is 6.75. The van der Waals surface area contributed by atoms with E-state index in [9.17, 15) is 4.79 Å². The van der Waals surface area contributed by atoms with Crippen LogP contribution in [-0.4, -0.2) is 20.0 Å². The summed E-state index contributed by atoms with van der Waals surface area (Å²) in [7, 11) is 0. The van der Waals surface area contributed by atoms with E-state index in [4.69, 9.17) is 23.2 Å². The Balaban J connectivity index is 1.72. The number of benzene rings is 1. The van der Waals surface area contributed by atoms with Crippen molar-refractivity contribution in [1.29, 1.82) is 0 Å². The van der Waals surface area contributed by atoms with E-state index < -0.39 is 4.33 Å². The molecule has 0 spiro atoms. The maximum Gasteiger partial charge on any atom is 0.226 e. The highest BCUT2D eigenvalue weighted by Gasteiger charge is 2.56. The second-order valence-electron chi connectivity index (χ2n) is 5.29. The fraction of sp³-hybridized carbons (Fsp3) is 0.333. The molecule has 0 aliphatic heterocycles. The molecule has 21 heavy (non-hydrogen) atoms. The molecule has 1 aliphatic rings. The van der Waals surface area contributed by atoms with Crippen LogP contribution in [-0.2, 0) is 4.79 Å². The first-order valence-corrected chi connectivity index (χ1v) is 7.51. The van der Waals surface area contributed by atoms with Crippen LogP contribution in [0.1, 0.15) is 24.9 Å². The lowest BCUT2D eigenvalue weighted by molar-refractivity contribution is -0.123. The third-order valence-electron chi connectivity index (χ3n) is 3.64. The van der Waals surface area contributed by atoms with Crippen molar-refractivity contribution >= 4 is 29.1 Å². The van der Waals surface area contributed by atoms with Gasteiger partial charge in [0.2, 0.25) is 5.91 Å². The smallest absolute Gasteiger partial charge is 0.226 e. The van der Waals surface area contributed by atoms with Gasteiger partial charge in [-0.25, -0.2) is 4.68 Å². The van der Waals surface area contributed by atoms with Crippen molar-refractivity contribution in [2.24, 2.45) is 5.92 Å². The minimum absolute atomic E-state index is 0.100.